The summed E-state index contributed by atoms with van der Waals surface area (Å²) in [5.74, 6) is 0.826. The van der Waals surface area contributed by atoms with Crippen LogP contribution in [0.25, 0.3) is 0 Å². The number of fused-ring (bicyclic) bond motifs is 1. The van der Waals surface area contributed by atoms with Gasteiger partial charge in [-0.25, -0.2) is 10.2 Å². The maximum atomic E-state index is 12.5. The predicted molar refractivity (Wildman–Crippen MR) is 129 cm³/mol. The Kier molecular flexibility index (Phi) is 7.44. The maximum absolute atomic E-state index is 12.5. The van der Waals surface area contributed by atoms with Crippen molar-refractivity contribution < 1.29 is 28.5 Å². The molecule has 0 radical (unpaired) electrons. The van der Waals surface area contributed by atoms with Crippen LogP contribution in [0.2, 0.25) is 0 Å². The van der Waals surface area contributed by atoms with Gasteiger partial charge in [0.2, 0.25) is 6.10 Å². The van der Waals surface area contributed by atoms with Crippen LogP contribution in [0.1, 0.15) is 22.8 Å². The minimum Gasteiger partial charge on any atom is -0.490 e. The van der Waals surface area contributed by atoms with Crippen LogP contribution in [-0.2, 0) is 4.79 Å². The van der Waals surface area contributed by atoms with Crippen LogP contribution in [0, 0.1) is 0 Å². The van der Waals surface area contributed by atoms with Gasteiger partial charge in [0.05, 0.1) is 18.4 Å². The normalized spacial score (nSPS) is 14.5. The Morgan fingerprint density at radius 1 is 1.09 bits per heavy atom. The molecule has 34 heavy (non-hydrogen) atoms. The smallest absolute Gasteiger partial charge is 0.343 e. The lowest BCUT2D eigenvalue weighted by Gasteiger charge is -2.24. The molecule has 1 N–H and O–H groups in total. The SMILES string of the molecule is CCOc1cc(/C=N\NC(=O)[C@@H]2COc3ccccc3O2)ccc1OC(=O)c1ccc(Br)cc1. The van der Waals surface area contributed by atoms with Gasteiger partial charge < -0.3 is 18.9 Å². The summed E-state index contributed by atoms with van der Waals surface area (Å²) in [6.07, 6.45) is 0.643. The van der Waals surface area contributed by atoms with Crippen LogP contribution >= 0.6 is 15.9 Å². The van der Waals surface area contributed by atoms with E-state index in [1.807, 2.05) is 13.0 Å². The van der Waals surface area contributed by atoms with Crippen LogP contribution in [0.15, 0.2) is 76.3 Å². The van der Waals surface area contributed by atoms with E-state index in [0.29, 0.717) is 35.0 Å². The number of amides is 1. The number of hydrogen-bond donors (Lipinski definition) is 1. The first-order valence-corrected chi connectivity index (χ1v) is 11.3. The van der Waals surface area contributed by atoms with Crippen LogP contribution in [0.5, 0.6) is 23.0 Å². The van der Waals surface area contributed by atoms with Crippen LogP contribution in [0.3, 0.4) is 0 Å². The van der Waals surface area contributed by atoms with Crippen molar-refractivity contribution in [1.82, 2.24) is 5.43 Å². The first kappa shape index (κ1) is 23.3. The number of rotatable bonds is 7. The number of carbonyl (C=O) groups excluding carboxylic acids is 2. The third-order valence-corrected chi connectivity index (χ3v) is 5.27. The Hall–Kier alpha value is -3.85. The number of hydrazone groups is 1. The summed E-state index contributed by atoms with van der Waals surface area (Å²) in [6, 6.07) is 19.0. The zero-order valence-electron chi connectivity index (χ0n) is 18.2. The first-order chi connectivity index (χ1) is 16.5. The molecule has 174 valence electrons. The molecule has 1 aliphatic heterocycles. The van der Waals surface area contributed by atoms with Gasteiger partial charge in [0.25, 0.3) is 5.91 Å². The monoisotopic (exact) mass is 524 g/mol. The molecule has 0 unspecified atom stereocenters. The minimum atomic E-state index is -0.813. The predicted octanol–water partition coefficient (Wildman–Crippen LogP) is 4.36. The molecule has 4 rings (SSSR count). The van der Waals surface area contributed by atoms with E-state index < -0.39 is 18.0 Å². The molecule has 3 aromatic rings. The van der Waals surface area contributed by atoms with E-state index in [1.54, 1.807) is 60.7 Å². The van der Waals surface area contributed by atoms with Crippen molar-refractivity contribution in [2.24, 2.45) is 5.10 Å². The minimum absolute atomic E-state index is 0.0886. The number of benzene rings is 3. The third kappa shape index (κ3) is 5.74. The molecule has 0 aliphatic carbocycles. The zero-order chi connectivity index (χ0) is 23.9. The van der Waals surface area contributed by atoms with Gasteiger partial charge in [-0.3, -0.25) is 4.79 Å². The summed E-state index contributed by atoms with van der Waals surface area (Å²) in [6.45, 7) is 2.29. The Balaban J connectivity index is 1.39. The molecule has 0 saturated carbocycles. The van der Waals surface area contributed by atoms with Crippen molar-refractivity contribution in [2.75, 3.05) is 13.2 Å². The average molecular weight is 525 g/mol. The molecule has 1 amide bonds. The molecule has 0 fully saturated rings. The van der Waals surface area contributed by atoms with Crippen molar-refractivity contribution in [2.45, 2.75) is 13.0 Å². The molecule has 0 saturated heterocycles. The van der Waals surface area contributed by atoms with E-state index in [9.17, 15) is 9.59 Å². The second-order valence-electron chi connectivity index (χ2n) is 7.13. The van der Waals surface area contributed by atoms with Crippen molar-refractivity contribution in [3.63, 3.8) is 0 Å². The van der Waals surface area contributed by atoms with Crippen molar-refractivity contribution in [3.8, 4) is 23.0 Å². The number of carbonyl (C=O) groups is 2. The Bertz CT molecular complexity index is 1210. The number of nitrogens with one attached hydrogen (secondary N) is 1. The number of nitrogens with zero attached hydrogens (tertiary/aromatic N) is 1. The molecule has 1 aliphatic rings. The second-order valence-corrected chi connectivity index (χ2v) is 8.05. The van der Waals surface area contributed by atoms with Gasteiger partial charge >= 0.3 is 5.97 Å². The largest absolute Gasteiger partial charge is 0.490 e. The second kappa shape index (κ2) is 10.8. The van der Waals surface area contributed by atoms with Crippen LogP contribution in [0.4, 0.5) is 0 Å². The summed E-state index contributed by atoms with van der Waals surface area (Å²) in [4.78, 5) is 24.8. The quantitative estimate of drug-likeness (QED) is 0.213. The number of hydrogen-bond acceptors (Lipinski definition) is 7. The van der Waals surface area contributed by atoms with E-state index >= 15 is 0 Å². The van der Waals surface area contributed by atoms with Gasteiger partial charge in [-0.2, -0.15) is 5.10 Å². The lowest BCUT2D eigenvalue weighted by atomic mass is 10.2. The summed E-state index contributed by atoms with van der Waals surface area (Å²) < 4.78 is 23.2. The van der Waals surface area contributed by atoms with E-state index in [0.717, 1.165) is 4.47 Å². The summed E-state index contributed by atoms with van der Waals surface area (Å²) in [5.41, 5.74) is 3.50. The van der Waals surface area contributed by atoms with E-state index in [4.69, 9.17) is 18.9 Å². The molecule has 3 aromatic carbocycles. The van der Waals surface area contributed by atoms with Gasteiger partial charge in [-0.1, -0.05) is 28.1 Å². The van der Waals surface area contributed by atoms with E-state index in [2.05, 4.69) is 26.5 Å². The highest BCUT2D eigenvalue weighted by Crippen LogP contribution is 2.31. The highest BCUT2D eigenvalue weighted by Gasteiger charge is 2.27. The molecule has 8 nitrogen and oxygen atoms in total. The third-order valence-electron chi connectivity index (χ3n) is 4.74. The standard InChI is InChI=1S/C25H21BrN2O6/c1-2-31-22-13-16(7-12-21(22)34-25(30)17-8-10-18(26)11-9-17)14-27-28-24(29)23-15-32-19-5-3-4-6-20(19)33-23/h3-14,23H,2,15H2,1H3,(H,28,29)/b27-14-/t23-/m0/s1. The van der Waals surface area contributed by atoms with Crippen LogP contribution in [-0.4, -0.2) is 37.4 Å². The Morgan fingerprint density at radius 3 is 2.62 bits per heavy atom. The van der Waals surface area contributed by atoms with Crippen molar-refractivity contribution in [1.29, 1.82) is 0 Å². The summed E-state index contributed by atoms with van der Waals surface area (Å²) >= 11 is 3.34. The fraction of sp³-hybridized carbons (Fsp3) is 0.160. The van der Waals surface area contributed by atoms with E-state index in [1.165, 1.54) is 6.21 Å². The van der Waals surface area contributed by atoms with Crippen LogP contribution < -0.4 is 24.4 Å². The molecule has 0 bridgehead atoms. The first-order valence-electron chi connectivity index (χ1n) is 10.5. The Labute approximate surface area is 204 Å². The molecule has 9 heteroatoms. The van der Waals surface area contributed by atoms with Gasteiger partial charge in [-0.15, -0.1) is 0 Å². The van der Waals surface area contributed by atoms with Gasteiger partial charge in [-0.05, 0) is 67.1 Å². The highest BCUT2D eigenvalue weighted by molar-refractivity contribution is 9.10. The molecule has 1 atom stereocenters. The van der Waals surface area contributed by atoms with Gasteiger partial charge in [0, 0.05) is 4.47 Å². The lowest BCUT2D eigenvalue weighted by Crippen LogP contribution is -2.42. The van der Waals surface area contributed by atoms with Gasteiger partial charge in [0.1, 0.15) is 6.61 Å². The van der Waals surface area contributed by atoms with Crippen molar-refractivity contribution >= 4 is 34.0 Å². The number of esters is 1. The lowest BCUT2D eigenvalue weighted by molar-refractivity contribution is -0.130. The Morgan fingerprint density at radius 2 is 1.85 bits per heavy atom. The maximum Gasteiger partial charge on any atom is 0.343 e. The highest BCUT2D eigenvalue weighted by atomic mass is 79.9. The fourth-order valence-electron chi connectivity index (χ4n) is 3.09. The molecule has 1 heterocycles. The number of para-hydroxylation sites is 2. The molecule has 0 spiro atoms. The topological polar surface area (TPSA) is 95.5 Å². The molecular formula is C25H21BrN2O6. The van der Waals surface area contributed by atoms with E-state index in [-0.39, 0.29) is 12.4 Å². The molecular weight excluding hydrogens is 504 g/mol. The van der Waals surface area contributed by atoms with Gasteiger partial charge in [0.15, 0.2) is 23.0 Å². The molecule has 0 aromatic heterocycles. The number of halogens is 1. The number of ether oxygens (including phenoxy) is 4. The van der Waals surface area contributed by atoms with Crippen molar-refractivity contribution in [3.05, 3.63) is 82.3 Å². The average Bonchev–Trinajstić information content (AvgIpc) is 2.85. The summed E-state index contributed by atoms with van der Waals surface area (Å²) in [5, 5.41) is 3.99. The summed E-state index contributed by atoms with van der Waals surface area (Å²) in [7, 11) is 0. The fourth-order valence-corrected chi connectivity index (χ4v) is 3.36. The zero-order valence-corrected chi connectivity index (χ0v) is 19.8.